The summed E-state index contributed by atoms with van der Waals surface area (Å²) in [4.78, 5) is 16.0. The zero-order valence-corrected chi connectivity index (χ0v) is 14.1. The number of aliphatic hydroxyl groups is 1. The van der Waals surface area contributed by atoms with Crippen LogP contribution in [0, 0.1) is 0 Å². The Kier molecular flexibility index (Phi) is 4.53. The third kappa shape index (κ3) is 3.25. The molecule has 1 fully saturated rings. The molecule has 0 saturated carbocycles. The zero-order chi connectivity index (χ0) is 18.4. The average molecular weight is 354 g/mol. The molecule has 1 aromatic carbocycles. The fourth-order valence-corrected chi connectivity index (χ4v) is 3.75. The molecular weight excluding hydrogens is 333 g/mol. The smallest absolute Gasteiger partial charge is 0.391 e. The number of hydrogen-bond donors (Lipinski definition) is 2. The Hall–Kier alpha value is -2.02. The van der Waals surface area contributed by atoms with Gasteiger partial charge in [-0.05, 0) is 44.4 Å². The minimum atomic E-state index is -4.61. The summed E-state index contributed by atoms with van der Waals surface area (Å²) in [6, 6.07) is 5.27. The van der Waals surface area contributed by atoms with Crippen LogP contribution in [0.1, 0.15) is 38.7 Å². The molecule has 25 heavy (non-hydrogen) atoms. The molecule has 0 aliphatic carbocycles. The average Bonchev–Trinajstić information content (AvgIpc) is 2.93. The first-order valence-corrected chi connectivity index (χ1v) is 8.43. The van der Waals surface area contributed by atoms with E-state index in [1.807, 2.05) is 18.7 Å². The summed E-state index contributed by atoms with van der Waals surface area (Å²) in [5.41, 5.74) is -0.926. The quantitative estimate of drug-likeness (QED) is 0.884. The predicted octanol–water partition coefficient (Wildman–Crippen LogP) is 3.68. The fourth-order valence-electron chi connectivity index (χ4n) is 3.75. The van der Waals surface area contributed by atoms with Crippen LogP contribution >= 0.6 is 0 Å². The Balaban J connectivity index is 2.15. The maximum atomic E-state index is 13.3. The van der Waals surface area contributed by atoms with Crippen molar-refractivity contribution in [2.24, 2.45) is 0 Å². The zero-order valence-electron chi connectivity index (χ0n) is 14.1. The normalized spacial score (nSPS) is 22.6. The fraction of sp³-hybridized carbons (Fsp3) is 0.500. The number of aromatic nitrogens is 1. The molecule has 136 valence electrons. The van der Waals surface area contributed by atoms with Crippen molar-refractivity contribution in [3.8, 4) is 0 Å². The highest BCUT2D eigenvalue weighted by atomic mass is 19.4. The molecule has 0 bridgehead atoms. The lowest BCUT2D eigenvalue weighted by atomic mass is 10.0. The monoisotopic (exact) mass is 354 g/mol. The van der Waals surface area contributed by atoms with Crippen LogP contribution in [0.5, 0.6) is 0 Å². The molecule has 2 heterocycles. The van der Waals surface area contributed by atoms with Gasteiger partial charge < -0.3 is 15.0 Å². The van der Waals surface area contributed by atoms with Gasteiger partial charge in [-0.2, -0.15) is 13.2 Å². The van der Waals surface area contributed by atoms with Crippen molar-refractivity contribution in [1.82, 2.24) is 4.98 Å². The molecule has 2 N–H and O–H groups in total. The van der Waals surface area contributed by atoms with E-state index in [1.165, 1.54) is 12.1 Å². The Morgan fingerprint density at radius 2 is 2.04 bits per heavy atom. The minimum Gasteiger partial charge on any atom is -0.391 e. The van der Waals surface area contributed by atoms with Crippen molar-refractivity contribution in [2.45, 2.75) is 57.5 Å². The van der Waals surface area contributed by atoms with Crippen LogP contribution in [0.2, 0.25) is 0 Å². The van der Waals surface area contributed by atoms with E-state index in [2.05, 4.69) is 4.98 Å². The van der Waals surface area contributed by atoms with Crippen molar-refractivity contribution >= 4 is 16.6 Å². The van der Waals surface area contributed by atoms with Crippen molar-refractivity contribution in [2.75, 3.05) is 4.90 Å². The van der Waals surface area contributed by atoms with E-state index in [0.29, 0.717) is 18.2 Å². The van der Waals surface area contributed by atoms with E-state index in [-0.39, 0.29) is 23.0 Å². The predicted molar refractivity (Wildman–Crippen MR) is 90.8 cm³/mol. The molecular formula is C18H21F3N2O2. The van der Waals surface area contributed by atoms with Crippen molar-refractivity contribution in [1.29, 1.82) is 0 Å². The lowest BCUT2D eigenvalue weighted by Crippen LogP contribution is -2.42. The Morgan fingerprint density at radius 1 is 1.32 bits per heavy atom. The summed E-state index contributed by atoms with van der Waals surface area (Å²) >= 11 is 0. The van der Waals surface area contributed by atoms with Gasteiger partial charge in [-0.15, -0.1) is 0 Å². The number of hydrogen-bond acceptors (Lipinski definition) is 3. The van der Waals surface area contributed by atoms with Crippen LogP contribution in [0.25, 0.3) is 10.9 Å². The molecule has 2 aromatic rings. The number of aliphatic hydroxyl groups excluding tert-OH is 1. The molecule has 1 aliphatic heterocycles. The number of rotatable bonds is 3. The van der Waals surface area contributed by atoms with Gasteiger partial charge in [-0.3, -0.25) is 4.79 Å². The number of alkyl halides is 3. The second kappa shape index (κ2) is 6.37. The second-order valence-electron chi connectivity index (χ2n) is 6.65. The lowest BCUT2D eigenvalue weighted by molar-refractivity contribution is -0.136. The summed E-state index contributed by atoms with van der Waals surface area (Å²) in [5.74, 6) is 0. The maximum Gasteiger partial charge on any atom is 0.417 e. The summed E-state index contributed by atoms with van der Waals surface area (Å²) in [6.07, 6.45) is -2.88. The molecule has 0 amide bonds. The number of fused-ring (bicyclic) bond motifs is 1. The van der Waals surface area contributed by atoms with E-state index >= 15 is 0 Å². The first-order chi connectivity index (χ1) is 11.7. The SMILES string of the molecule is CC[C@H](O)[C@H]1CC[C@@H](C)N1c1ccc2[nH]c(=O)cc(C(F)(F)F)c2c1. The number of pyridine rings is 1. The van der Waals surface area contributed by atoms with Crippen LogP contribution in [0.3, 0.4) is 0 Å². The Labute approximate surface area is 143 Å². The summed E-state index contributed by atoms with van der Waals surface area (Å²) < 4.78 is 40.0. The summed E-state index contributed by atoms with van der Waals surface area (Å²) in [7, 11) is 0. The third-order valence-corrected chi connectivity index (χ3v) is 5.00. The van der Waals surface area contributed by atoms with E-state index in [9.17, 15) is 23.1 Å². The van der Waals surface area contributed by atoms with Gasteiger partial charge in [0, 0.05) is 28.7 Å². The lowest BCUT2D eigenvalue weighted by Gasteiger charge is -2.33. The largest absolute Gasteiger partial charge is 0.417 e. The van der Waals surface area contributed by atoms with Crippen LogP contribution < -0.4 is 10.5 Å². The summed E-state index contributed by atoms with van der Waals surface area (Å²) in [6.45, 7) is 3.89. The number of nitrogens with one attached hydrogen (secondary N) is 1. The molecule has 1 aromatic heterocycles. The van der Waals surface area contributed by atoms with Gasteiger partial charge in [0.1, 0.15) is 0 Å². The van der Waals surface area contributed by atoms with E-state index < -0.39 is 23.4 Å². The van der Waals surface area contributed by atoms with Gasteiger partial charge >= 0.3 is 6.18 Å². The second-order valence-corrected chi connectivity index (χ2v) is 6.65. The molecule has 7 heteroatoms. The highest BCUT2D eigenvalue weighted by Crippen LogP contribution is 2.38. The number of aromatic amines is 1. The van der Waals surface area contributed by atoms with Gasteiger partial charge in [-0.25, -0.2) is 0 Å². The van der Waals surface area contributed by atoms with Gasteiger partial charge in [0.25, 0.3) is 0 Å². The molecule has 0 unspecified atom stereocenters. The maximum absolute atomic E-state index is 13.3. The van der Waals surface area contributed by atoms with Crippen molar-refractivity contribution in [3.05, 3.63) is 40.2 Å². The summed E-state index contributed by atoms with van der Waals surface area (Å²) in [5, 5.41) is 10.2. The van der Waals surface area contributed by atoms with E-state index in [4.69, 9.17) is 0 Å². The number of H-pyrrole nitrogens is 1. The van der Waals surface area contributed by atoms with Gasteiger partial charge in [0.2, 0.25) is 5.56 Å². The molecule has 0 spiro atoms. The molecule has 3 rings (SSSR count). The molecule has 0 radical (unpaired) electrons. The first kappa shape index (κ1) is 17.8. The number of benzene rings is 1. The van der Waals surface area contributed by atoms with Gasteiger partial charge in [0.05, 0.1) is 17.7 Å². The van der Waals surface area contributed by atoms with Crippen molar-refractivity contribution < 1.29 is 18.3 Å². The van der Waals surface area contributed by atoms with Gasteiger partial charge in [0.15, 0.2) is 0 Å². The highest BCUT2D eigenvalue weighted by Gasteiger charge is 2.36. The molecule has 3 atom stereocenters. The molecule has 4 nitrogen and oxygen atoms in total. The topological polar surface area (TPSA) is 56.3 Å². The third-order valence-electron chi connectivity index (χ3n) is 5.00. The number of anilines is 1. The molecule has 1 saturated heterocycles. The Morgan fingerprint density at radius 3 is 2.68 bits per heavy atom. The number of nitrogens with zero attached hydrogens (tertiary/aromatic N) is 1. The Bertz CT molecular complexity index is 831. The van der Waals surface area contributed by atoms with Crippen molar-refractivity contribution in [3.63, 3.8) is 0 Å². The van der Waals surface area contributed by atoms with Crippen LogP contribution in [-0.2, 0) is 6.18 Å². The van der Waals surface area contributed by atoms with Gasteiger partial charge in [-0.1, -0.05) is 6.92 Å². The number of halogens is 3. The minimum absolute atomic E-state index is 0.0339. The van der Waals surface area contributed by atoms with E-state index in [0.717, 1.165) is 12.8 Å². The van der Waals surface area contributed by atoms with Crippen LogP contribution in [0.4, 0.5) is 18.9 Å². The standard InChI is InChI=1S/C18H21F3N2O2/c1-3-16(24)15-7-4-10(2)23(15)11-5-6-14-12(8-11)13(18(19,20)21)9-17(25)22-14/h5-6,8-10,15-16,24H,3-4,7H2,1-2H3,(H,22,25)/t10-,15-,16+/m1/s1. The van der Waals surface area contributed by atoms with Crippen LogP contribution in [-0.4, -0.2) is 28.3 Å². The highest BCUT2D eigenvalue weighted by molar-refractivity contribution is 5.86. The van der Waals surface area contributed by atoms with E-state index in [1.54, 1.807) is 6.07 Å². The van der Waals surface area contributed by atoms with Crippen LogP contribution in [0.15, 0.2) is 29.1 Å². The first-order valence-electron chi connectivity index (χ1n) is 8.43. The molecule has 1 aliphatic rings.